The summed E-state index contributed by atoms with van der Waals surface area (Å²) in [4.78, 5) is 13.1. The number of carbonyl (C=O) groups excluding carboxylic acids is 1. The van der Waals surface area contributed by atoms with Crippen LogP contribution >= 0.6 is 0 Å². The molecular weight excluding hydrogens is 318 g/mol. The summed E-state index contributed by atoms with van der Waals surface area (Å²) in [7, 11) is 1.87. The molecule has 25 heavy (non-hydrogen) atoms. The van der Waals surface area contributed by atoms with Crippen LogP contribution in [0.2, 0.25) is 0 Å². The summed E-state index contributed by atoms with van der Waals surface area (Å²) in [6.07, 6.45) is 3.75. The fraction of sp³-hybridized carbons (Fsp3) is 0.474. The topological polar surface area (TPSA) is 65.4 Å². The van der Waals surface area contributed by atoms with Gasteiger partial charge in [-0.15, -0.1) is 0 Å². The highest BCUT2D eigenvalue weighted by Crippen LogP contribution is 2.37. The van der Waals surface area contributed by atoms with Crippen LogP contribution < -0.4 is 14.8 Å². The standard InChI is InChI=1S/C19H25N3O3/c1-12(2)17(13-9-20-22(5)10-13)21-18(23)19(3,4)14-6-7-15-16(8-14)25-11-24-15/h6-10,12,17H,11H2,1-5H3,(H,21,23). The minimum Gasteiger partial charge on any atom is -0.454 e. The van der Waals surface area contributed by atoms with Gasteiger partial charge in [0.25, 0.3) is 0 Å². The largest absolute Gasteiger partial charge is 0.454 e. The van der Waals surface area contributed by atoms with Gasteiger partial charge in [0.05, 0.1) is 17.7 Å². The van der Waals surface area contributed by atoms with Gasteiger partial charge in [-0.2, -0.15) is 5.10 Å². The maximum atomic E-state index is 13.1. The highest BCUT2D eigenvalue weighted by atomic mass is 16.7. The van der Waals surface area contributed by atoms with Gasteiger partial charge >= 0.3 is 0 Å². The molecule has 0 radical (unpaired) electrons. The van der Waals surface area contributed by atoms with Crippen molar-refractivity contribution < 1.29 is 14.3 Å². The first-order valence-corrected chi connectivity index (χ1v) is 8.48. The molecule has 0 spiro atoms. The molecule has 1 aliphatic rings. The third-order valence-corrected chi connectivity index (χ3v) is 4.70. The summed E-state index contributed by atoms with van der Waals surface area (Å²) < 4.78 is 12.5. The van der Waals surface area contributed by atoms with Crippen molar-refractivity contribution in [1.29, 1.82) is 0 Å². The Bertz CT molecular complexity index is 780. The molecule has 1 unspecified atom stereocenters. The number of rotatable bonds is 5. The van der Waals surface area contributed by atoms with E-state index >= 15 is 0 Å². The van der Waals surface area contributed by atoms with E-state index in [1.165, 1.54) is 0 Å². The molecule has 0 bridgehead atoms. The van der Waals surface area contributed by atoms with Gasteiger partial charge in [0, 0.05) is 18.8 Å². The van der Waals surface area contributed by atoms with Crippen molar-refractivity contribution >= 4 is 5.91 Å². The lowest BCUT2D eigenvalue weighted by atomic mass is 9.82. The van der Waals surface area contributed by atoms with Gasteiger partial charge in [-0.3, -0.25) is 9.48 Å². The van der Waals surface area contributed by atoms with Crippen molar-refractivity contribution in [2.75, 3.05) is 6.79 Å². The molecule has 0 saturated carbocycles. The minimum absolute atomic E-state index is 0.0334. The Morgan fingerprint density at radius 3 is 2.64 bits per heavy atom. The van der Waals surface area contributed by atoms with Crippen LogP contribution in [0.15, 0.2) is 30.6 Å². The Balaban J connectivity index is 1.82. The number of nitrogens with zero attached hydrogens (tertiary/aromatic N) is 2. The van der Waals surface area contributed by atoms with Crippen LogP contribution in [0.3, 0.4) is 0 Å². The number of hydrogen-bond donors (Lipinski definition) is 1. The van der Waals surface area contributed by atoms with E-state index in [1.807, 2.05) is 45.3 Å². The van der Waals surface area contributed by atoms with Crippen molar-refractivity contribution in [2.45, 2.75) is 39.2 Å². The number of fused-ring (bicyclic) bond motifs is 1. The van der Waals surface area contributed by atoms with Gasteiger partial charge in [0.2, 0.25) is 12.7 Å². The maximum Gasteiger partial charge on any atom is 0.231 e. The van der Waals surface area contributed by atoms with Gasteiger partial charge in [0.1, 0.15) is 0 Å². The Hall–Kier alpha value is -2.50. The lowest BCUT2D eigenvalue weighted by molar-refractivity contribution is -0.126. The van der Waals surface area contributed by atoms with Gasteiger partial charge in [-0.25, -0.2) is 0 Å². The minimum atomic E-state index is -0.698. The zero-order valence-corrected chi connectivity index (χ0v) is 15.4. The van der Waals surface area contributed by atoms with Gasteiger partial charge < -0.3 is 14.8 Å². The maximum absolute atomic E-state index is 13.1. The first-order valence-electron chi connectivity index (χ1n) is 8.48. The van der Waals surface area contributed by atoms with Crippen molar-refractivity contribution in [3.63, 3.8) is 0 Å². The zero-order valence-electron chi connectivity index (χ0n) is 15.4. The summed E-state index contributed by atoms with van der Waals surface area (Å²) in [5.41, 5.74) is 1.20. The SMILES string of the molecule is CC(C)C(NC(=O)C(C)(C)c1ccc2c(c1)OCO2)c1cnn(C)c1. The molecule has 1 aromatic heterocycles. The van der Waals surface area contributed by atoms with Crippen LogP contribution in [0.4, 0.5) is 0 Å². The molecule has 134 valence electrons. The van der Waals surface area contributed by atoms with Gasteiger partial charge in [0.15, 0.2) is 11.5 Å². The Morgan fingerprint density at radius 2 is 2.00 bits per heavy atom. The van der Waals surface area contributed by atoms with Crippen LogP contribution in [0, 0.1) is 5.92 Å². The first-order chi connectivity index (χ1) is 11.8. The molecule has 3 rings (SSSR count). The zero-order chi connectivity index (χ0) is 18.2. The summed E-state index contributed by atoms with van der Waals surface area (Å²) in [6.45, 7) is 8.24. The molecule has 1 N–H and O–H groups in total. The van der Waals surface area contributed by atoms with E-state index < -0.39 is 5.41 Å². The van der Waals surface area contributed by atoms with Crippen LogP contribution in [0.25, 0.3) is 0 Å². The third-order valence-electron chi connectivity index (χ3n) is 4.70. The molecule has 0 aliphatic carbocycles. The quantitative estimate of drug-likeness (QED) is 0.906. The highest BCUT2D eigenvalue weighted by Gasteiger charge is 2.33. The van der Waals surface area contributed by atoms with E-state index in [9.17, 15) is 4.79 Å². The fourth-order valence-corrected chi connectivity index (χ4v) is 2.97. The second-order valence-corrected chi connectivity index (χ2v) is 7.34. The predicted molar refractivity (Wildman–Crippen MR) is 94.5 cm³/mol. The molecule has 2 aromatic rings. The Kier molecular flexibility index (Phi) is 4.45. The van der Waals surface area contributed by atoms with E-state index in [1.54, 1.807) is 10.9 Å². The smallest absolute Gasteiger partial charge is 0.231 e. The van der Waals surface area contributed by atoms with Crippen LogP contribution in [-0.2, 0) is 17.3 Å². The molecule has 1 aromatic carbocycles. The summed E-state index contributed by atoms with van der Waals surface area (Å²) in [6, 6.07) is 5.57. The second-order valence-electron chi connectivity index (χ2n) is 7.34. The molecule has 2 heterocycles. The number of carbonyl (C=O) groups is 1. The predicted octanol–water partition coefficient (Wildman–Crippen LogP) is 2.94. The molecule has 6 heteroatoms. The molecule has 0 saturated heterocycles. The summed E-state index contributed by atoms with van der Waals surface area (Å²) >= 11 is 0. The molecule has 1 aliphatic heterocycles. The number of aryl methyl sites for hydroxylation is 1. The normalized spacial score (nSPS) is 14.6. The van der Waals surface area contributed by atoms with E-state index in [-0.39, 0.29) is 24.7 Å². The van der Waals surface area contributed by atoms with Crippen molar-refractivity contribution in [2.24, 2.45) is 13.0 Å². The number of nitrogens with one attached hydrogen (secondary N) is 1. The monoisotopic (exact) mass is 343 g/mol. The van der Waals surface area contributed by atoms with E-state index in [0.717, 1.165) is 16.9 Å². The fourth-order valence-electron chi connectivity index (χ4n) is 2.97. The van der Waals surface area contributed by atoms with E-state index in [4.69, 9.17) is 9.47 Å². The number of ether oxygens (including phenoxy) is 2. The van der Waals surface area contributed by atoms with Crippen molar-refractivity contribution in [3.8, 4) is 11.5 Å². The summed E-state index contributed by atoms with van der Waals surface area (Å²) in [5.74, 6) is 1.62. The number of benzene rings is 1. The van der Waals surface area contributed by atoms with Gasteiger partial charge in [-0.1, -0.05) is 19.9 Å². The van der Waals surface area contributed by atoms with Crippen molar-refractivity contribution in [1.82, 2.24) is 15.1 Å². The average molecular weight is 343 g/mol. The van der Waals surface area contributed by atoms with E-state index in [0.29, 0.717) is 5.75 Å². The summed E-state index contributed by atoms with van der Waals surface area (Å²) in [5, 5.41) is 7.41. The van der Waals surface area contributed by atoms with Crippen LogP contribution in [0.1, 0.15) is 44.9 Å². The third kappa shape index (κ3) is 3.34. The van der Waals surface area contributed by atoms with Crippen molar-refractivity contribution in [3.05, 3.63) is 41.7 Å². The molecule has 6 nitrogen and oxygen atoms in total. The average Bonchev–Trinajstić information content (AvgIpc) is 3.19. The second kappa shape index (κ2) is 6.43. The number of amides is 1. The van der Waals surface area contributed by atoms with E-state index in [2.05, 4.69) is 24.3 Å². The molecule has 0 fully saturated rings. The number of hydrogen-bond acceptors (Lipinski definition) is 4. The van der Waals surface area contributed by atoms with Crippen LogP contribution in [0.5, 0.6) is 11.5 Å². The highest BCUT2D eigenvalue weighted by molar-refractivity contribution is 5.88. The molecular formula is C19H25N3O3. The Morgan fingerprint density at radius 1 is 1.28 bits per heavy atom. The first kappa shape index (κ1) is 17.3. The Labute approximate surface area is 148 Å². The van der Waals surface area contributed by atoms with Gasteiger partial charge in [-0.05, 0) is 37.5 Å². The molecule has 1 amide bonds. The van der Waals surface area contributed by atoms with Crippen LogP contribution in [-0.4, -0.2) is 22.5 Å². The molecule has 1 atom stereocenters. The lowest BCUT2D eigenvalue weighted by Gasteiger charge is -2.29. The lowest BCUT2D eigenvalue weighted by Crippen LogP contribution is -2.43. The number of aromatic nitrogens is 2.